The molecule has 3 fully saturated rings. The zero-order chi connectivity index (χ0) is 17.3. The van der Waals surface area contributed by atoms with Crippen molar-refractivity contribution in [3.05, 3.63) is 36.0 Å². The van der Waals surface area contributed by atoms with Crippen molar-refractivity contribution in [1.29, 1.82) is 0 Å². The largest absolute Gasteiger partial charge is 0.310 e. The normalized spacial score (nSPS) is 23.5. The maximum Gasteiger partial charge on any atom is 0.0698 e. The summed E-state index contributed by atoms with van der Waals surface area (Å²) in [4.78, 5) is 5.37. The number of piperazine rings is 1. The van der Waals surface area contributed by atoms with Crippen LogP contribution in [0.4, 0.5) is 0 Å². The highest BCUT2D eigenvalue weighted by Crippen LogP contribution is 2.27. The van der Waals surface area contributed by atoms with Gasteiger partial charge in [-0.05, 0) is 50.4 Å². The van der Waals surface area contributed by atoms with Gasteiger partial charge in [0.25, 0.3) is 0 Å². The van der Waals surface area contributed by atoms with Crippen LogP contribution in [0.2, 0.25) is 0 Å². The van der Waals surface area contributed by atoms with Crippen molar-refractivity contribution in [3.8, 4) is 0 Å². The molecule has 0 bridgehead atoms. The van der Waals surface area contributed by atoms with Crippen LogP contribution in [-0.4, -0.2) is 59.8 Å². The maximum absolute atomic E-state index is 2.72. The van der Waals surface area contributed by atoms with Gasteiger partial charge >= 0.3 is 0 Å². The first-order valence-corrected chi connectivity index (χ1v) is 10.7. The maximum atomic E-state index is 2.72. The van der Waals surface area contributed by atoms with Crippen LogP contribution in [-0.2, 0) is 6.54 Å². The zero-order valence-corrected chi connectivity index (χ0v) is 15.9. The molecule has 0 unspecified atom stereocenters. The lowest BCUT2D eigenvalue weighted by molar-refractivity contribution is 0.114. The summed E-state index contributed by atoms with van der Waals surface area (Å²) in [7, 11) is 0. The summed E-state index contributed by atoms with van der Waals surface area (Å²) in [5, 5.41) is 4.01. The Labute approximate surface area is 157 Å². The number of aromatic nitrogens is 1. The van der Waals surface area contributed by atoms with E-state index in [1.807, 2.05) is 0 Å². The van der Waals surface area contributed by atoms with Gasteiger partial charge in [0.2, 0.25) is 0 Å². The summed E-state index contributed by atoms with van der Waals surface area (Å²) in [6.07, 6.45) is 10.8. The predicted molar refractivity (Wildman–Crippen MR) is 108 cm³/mol. The van der Waals surface area contributed by atoms with E-state index in [-0.39, 0.29) is 0 Å². The van der Waals surface area contributed by atoms with Crippen LogP contribution >= 0.6 is 0 Å². The van der Waals surface area contributed by atoms with Gasteiger partial charge in [-0.3, -0.25) is 14.5 Å². The number of rotatable bonds is 4. The number of benzene rings is 1. The van der Waals surface area contributed by atoms with E-state index in [9.17, 15) is 0 Å². The lowest BCUT2D eigenvalue weighted by atomic mass is 9.91. The van der Waals surface area contributed by atoms with Gasteiger partial charge in [-0.25, -0.2) is 0 Å². The van der Waals surface area contributed by atoms with Crippen molar-refractivity contribution < 1.29 is 0 Å². The molecule has 3 heterocycles. The standard InChI is InChI=1S/C22H32N4/c1-4-11-23(12-5-1)17-19-18-26(22-10-3-2-9-21(19)22)25-15-13-24(14-16-25)20-7-6-8-20/h2-3,9-10,18,20H,1,4-8,11-17H2. The third kappa shape index (κ3) is 3.14. The van der Waals surface area contributed by atoms with Crippen LogP contribution in [0.25, 0.3) is 10.9 Å². The van der Waals surface area contributed by atoms with Crippen LogP contribution < -0.4 is 5.01 Å². The molecule has 1 aromatic heterocycles. The van der Waals surface area contributed by atoms with Gasteiger partial charge in [-0.1, -0.05) is 31.0 Å². The Morgan fingerprint density at radius 1 is 0.808 bits per heavy atom. The number of para-hydroxylation sites is 1. The van der Waals surface area contributed by atoms with Gasteiger partial charge in [0.15, 0.2) is 0 Å². The second kappa shape index (κ2) is 7.24. The second-order valence-electron chi connectivity index (χ2n) is 8.43. The van der Waals surface area contributed by atoms with E-state index in [4.69, 9.17) is 0 Å². The highest BCUT2D eigenvalue weighted by Gasteiger charge is 2.28. The summed E-state index contributed by atoms with van der Waals surface area (Å²) < 4.78 is 2.47. The van der Waals surface area contributed by atoms with Crippen LogP contribution in [0.15, 0.2) is 30.5 Å². The van der Waals surface area contributed by atoms with Crippen molar-refractivity contribution in [1.82, 2.24) is 14.5 Å². The molecule has 2 aliphatic heterocycles. The van der Waals surface area contributed by atoms with Gasteiger partial charge in [0.05, 0.1) is 5.52 Å². The summed E-state index contributed by atoms with van der Waals surface area (Å²) in [6.45, 7) is 8.38. The fourth-order valence-electron chi connectivity index (χ4n) is 4.99. The van der Waals surface area contributed by atoms with Crippen LogP contribution in [0.1, 0.15) is 44.1 Å². The van der Waals surface area contributed by atoms with Gasteiger partial charge in [0.1, 0.15) is 0 Å². The average Bonchev–Trinajstić information content (AvgIpc) is 3.01. The lowest BCUT2D eigenvalue weighted by Crippen LogP contribution is -2.55. The summed E-state index contributed by atoms with van der Waals surface area (Å²) >= 11 is 0. The Morgan fingerprint density at radius 2 is 1.58 bits per heavy atom. The van der Waals surface area contributed by atoms with E-state index in [1.54, 1.807) is 0 Å². The molecule has 0 spiro atoms. The van der Waals surface area contributed by atoms with E-state index in [0.29, 0.717) is 0 Å². The van der Waals surface area contributed by atoms with Crippen molar-refractivity contribution in [2.24, 2.45) is 0 Å². The molecular formula is C22H32N4. The van der Waals surface area contributed by atoms with Gasteiger partial charge in [-0.15, -0.1) is 0 Å². The highest BCUT2D eigenvalue weighted by atomic mass is 15.6. The van der Waals surface area contributed by atoms with Crippen molar-refractivity contribution in [2.75, 3.05) is 44.3 Å². The molecule has 1 aliphatic carbocycles. The molecule has 1 saturated carbocycles. The molecule has 0 atom stereocenters. The monoisotopic (exact) mass is 352 g/mol. The number of fused-ring (bicyclic) bond motifs is 1. The number of likely N-dealkylation sites (tertiary alicyclic amines) is 1. The lowest BCUT2D eigenvalue weighted by Gasteiger charge is -2.43. The molecule has 4 heteroatoms. The topological polar surface area (TPSA) is 14.7 Å². The molecule has 0 amide bonds. The number of hydrogen-bond acceptors (Lipinski definition) is 3. The van der Waals surface area contributed by atoms with Gasteiger partial charge in [-0.2, -0.15) is 0 Å². The molecule has 1 aromatic carbocycles. The molecule has 2 saturated heterocycles. The first-order valence-electron chi connectivity index (χ1n) is 10.7. The van der Waals surface area contributed by atoms with Gasteiger partial charge in [0, 0.05) is 50.3 Å². The summed E-state index contributed by atoms with van der Waals surface area (Å²) in [6, 6.07) is 9.88. The number of nitrogens with zero attached hydrogens (tertiary/aromatic N) is 4. The molecule has 3 aliphatic rings. The Balaban J connectivity index is 1.36. The summed E-state index contributed by atoms with van der Waals surface area (Å²) in [5.41, 5.74) is 2.89. The van der Waals surface area contributed by atoms with E-state index in [1.165, 1.54) is 81.2 Å². The Morgan fingerprint density at radius 3 is 2.31 bits per heavy atom. The van der Waals surface area contributed by atoms with Gasteiger partial charge < -0.3 is 5.01 Å². The molecular weight excluding hydrogens is 320 g/mol. The Bertz CT molecular complexity index is 734. The summed E-state index contributed by atoms with van der Waals surface area (Å²) in [5.74, 6) is 0. The smallest absolute Gasteiger partial charge is 0.0698 e. The van der Waals surface area contributed by atoms with Crippen molar-refractivity contribution in [3.63, 3.8) is 0 Å². The minimum absolute atomic E-state index is 0.883. The molecule has 0 radical (unpaired) electrons. The van der Waals surface area contributed by atoms with Crippen LogP contribution in [0.5, 0.6) is 0 Å². The van der Waals surface area contributed by atoms with Crippen LogP contribution in [0, 0.1) is 0 Å². The molecule has 26 heavy (non-hydrogen) atoms. The van der Waals surface area contributed by atoms with E-state index >= 15 is 0 Å². The molecule has 2 aromatic rings. The molecule has 0 N–H and O–H groups in total. The van der Waals surface area contributed by atoms with Crippen LogP contribution in [0.3, 0.4) is 0 Å². The van der Waals surface area contributed by atoms with E-state index in [0.717, 1.165) is 25.7 Å². The average molecular weight is 353 g/mol. The molecule has 5 rings (SSSR count). The minimum atomic E-state index is 0.883. The molecule has 4 nitrogen and oxygen atoms in total. The van der Waals surface area contributed by atoms with E-state index < -0.39 is 0 Å². The quantitative estimate of drug-likeness (QED) is 0.838. The third-order valence-electron chi connectivity index (χ3n) is 6.80. The zero-order valence-electron chi connectivity index (χ0n) is 15.9. The fraction of sp³-hybridized carbons (Fsp3) is 0.636. The Hall–Kier alpha value is -1.52. The minimum Gasteiger partial charge on any atom is -0.310 e. The first-order chi connectivity index (χ1) is 12.9. The molecule has 140 valence electrons. The van der Waals surface area contributed by atoms with Crippen molar-refractivity contribution >= 4 is 10.9 Å². The second-order valence-corrected chi connectivity index (χ2v) is 8.43. The SMILES string of the molecule is c1ccc2c(c1)c(CN1CCCCC1)cn2N1CCN(C2CCC2)CC1. The van der Waals surface area contributed by atoms with Crippen molar-refractivity contribution in [2.45, 2.75) is 51.1 Å². The fourth-order valence-corrected chi connectivity index (χ4v) is 4.99. The number of piperidine rings is 1. The number of hydrogen-bond donors (Lipinski definition) is 0. The predicted octanol–water partition coefficient (Wildman–Crippen LogP) is 3.43. The highest BCUT2D eigenvalue weighted by molar-refractivity contribution is 5.84. The first kappa shape index (κ1) is 16.6. The Kier molecular flexibility index (Phi) is 4.63. The third-order valence-corrected chi connectivity index (χ3v) is 6.80. The van der Waals surface area contributed by atoms with E-state index in [2.05, 4.69) is 49.9 Å².